The number of hydrazone groups is 1. The van der Waals surface area contributed by atoms with Crippen LogP contribution in [0.2, 0.25) is 0 Å². The van der Waals surface area contributed by atoms with Gasteiger partial charge in [-0.1, -0.05) is 60.7 Å². The van der Waals surface area contributed by atoms with Crippen LogP contribution in [0.25, 0.3) is 11.1 Å². The lowest BCUT2D eigenvalue weighted by atomic mass is 10.1. The number of carbonyl (C=O) groups excluding carboxylic acids is 2. The SMILES string of the molecule is CC(=O)Nc1cccc(/C(C)=N\NC(=O)CSC2c3ccccc3-c3ccccc32)c1. The van der Waals surface area contributed by atoms with Gasteiger partial charge in [0.05, 0.1) is 16.7 Å². The van der Waals surface area contributed by atoms with Gasteiger partial charge in [0.25, 0.3) is 0 Å². The highest BCUT2D eigenvalue weighted by Crippen LogP contribution is 2.49. The van der Waals surface area contributed by atoms with Crippen LogP contribution in [0.4, 0.5) is 5.69 Å². The number of hydrogen-bond acceptors (Lipinski definition) is 4. The first kappa shape index (κ1) is 20.9. The normalized spacial score (nSPS) is 12.8. The predicted molar refractivity (Wildman–Crippen MR) is 127 cm³/mol. The third-order valence-electron chi connectivity index (χ3n) is 5.11. The molecule has 0 unspecified atom stereocenters. The molecule has 5 nitrogen and oxygen atoms in total. The molecule has 6 heteroatoms. The molecule has 0 atom stereocenters. The van der Waals surface area contributed by atoms with Crippen LogP contribution in [-0.2, 0) is 9.59 Å². The van der Waals surface area contributed by atoms with Crippen molar-refractivity contribution >= 4 is 35.0 Å². The second-order valence-electron chi connectivity index (χ2n) is 7.36. The van der Waals surface area contributed by atoms with Gasteiger partial charge in [0, 0.05) is 12.6 Å². The van der Waals surface area contributed by atoms with E-state index >= 15 is 0 Å². The minimum atomic E-state index is -0.149. The standard InChI is InChI=1S/C25H23N3O2S/c1-16(18-8-7-9-19(14-18)26-17(2)29)27-28-24(30)15-31-25-22-12-5-3-10-20(22)21-11-4-6-13-23(21)25/h3-14,25H,15H2,1-2H3,(H,26,29)(H,28,30)/b27-16-. The molecule has 0 saturated heterocycles. The number of benzene rings is 3. The number of nitrogens with one attached hydrogen (secondary N) is 2. The van der Waals surface area contributed by atoms with E-state index in [2.05, 4.69) is 40.1 Å². The molecule has 31 heavy (non-hydrogen) atoms. The molecule has 156 valence electrons. The van der Waals surface area contributed by atoms with Crippen LogP contribution in [0.3, 0.4) is 0 Å². The Labute approximate surface area is 186 Å². The zero-order valence-corrected chi connectivity index (χ0v) is 18.2. The highest BCUT2D eigenvalue weighted by atomic mass is 32.2. The number of nitrogens with zero attached hydrogens (tertiary/aromatic N) is 1. The van der Waals surface area contributed by atoms with E-state index in [1.807, 2.05) is 55.5 Å². The summed E-state index contributed by atoms with van der Waals surface area (Å²) >= 11 is 1.61. The third kappa shape index (κ3) is 4.70. The van der Waals surface area contributed by atoms with Crippen LogP contribution >= 0.6 is 11.8 Å². The van der Waals surface area contributed by atoms with Gasteiger partial charge in [0.2, 0.25) is 11.8 Å². The van der Waals surface area contributed by atoms with Crippen molar-refractivity contribution in [3.63, 3.8) is 0 Å². The maximum Gasteiger partial charge on any atom is 0.250 e. The molecule has 0 bridgehead atoms. The van der Waals surface area contributed by atoms with E-state index in [1.54, 1.807) is 11.8 Å². The molecule has 0 saturated carbocycles. The number of anilines is 1. The molecule has 3 aromatic carbocycles. The monoisotopic (exact) mass is 429 g/mol. The van der Waals surface area contributed by atoms with Crippen molar-refractivity contribution < 1.29 is 9.59 Å². The van der Waals surface area contributed by atoms with Crippen LogP contribution in [-0.4, -0.2) is 23.3 Å². The Morgan fingerprint density at radius 3 is 2.19 bits per heavy atom. The van der Waals surface area contributed by atoms with E-state index in [9.17, 15) is 9.59 Å². The second-order valence-corrected chi connectivity index (χ2v) is 8.45. The summed E-state index contributed by atoms with van der Waals surface area (Å²) in [5, 5.41) is 7.12. The number of fused-ring (bicyclic) bond motifs is 3. The molecule has 1 aliphatic rings. The van der Waals surface area contributed by atoms with Gasteiger partial charge in [0.1, 0.15) is 0 Å². The molecule has 4 rings (SSSR count). The van der Waals surface area contributed by atoms with Crippen molar-refractivity contribution in [3.8, 4) is 11.1 Å². The van der Waals surface area contributed by atoms with E-state index in [0.717, 1.165) is 5.56 Å². The number of hydrogen-bond donors (Lipinski definition) is 2. The van der Waals surface area contributed by atoms with Crippen molar-refractivity contribution in [3.05, 3.63) is 89.5 Å². The lowest BCUT2D eigenvalue weighted by molar-refractivity contribution is -0.118. The Bertz CT molecular complexity index is 1130. The molecule has 0 fully saturated rings. The fourth-order valence-corrected chi connectivity index (χ4v) is 4.87. The van der Waals surface area contributed by atoms with Crippen molar-refractivity contribution in [1.29, 1.82) is 0 Å². The number of amides is 2. The summed E-state index contributed by atoms with van der Waals surface area (Å²) in [5.41, 5.74) is 9.82. The zero-order valence-electron chi connectivity index (χ0n) is 17.4. The molecule has 3 aromatic rings. The molecular formula is C25H23N3O2S. The summed E-state index contributed by atoms with van der Waals surface area (Å²) in [4.78, 5) is 23.7. The molecule has 0 radical (unpaired) electrons. The first-order chi connectivity index (χ1) is 15.0. The second kappa shape index (κ2) is 9.18. The van der Waals surface area contributed by atoms with Crippen LogP contribution in [0.1, 0.15) is 35.8 Å². The Balaban J connectivity index is 1.40. The molecule has 0 aliphatic heterocycles. The molecule has 0 heterocycles. The van der Waals surface area contributed by atoms with Gasteiger partial charge < -0.3 is 5.32 Å². The van der Waals surface area contributed by atoms with Gasteiger partial charge in [-0.3, -0.25) is 9.59 Å². The van der Waals surface area contributed by atoms with Gasteiger partial charge >= 0.3 is 0 Å². The molecule has 0 spiro atoms. The maximum absolute atomic E-state index is 12.5. The van der Waals surface area contributed by atoms with Gasteiger partial charge in [-0.25, -0.2) is 5.43 Å². The molecule has 2 amide bonds. The van der Waals surface area contributed by atoms with Crippen LogP contribution < -0.4 is 10.7 Å². The topological polar surface area (TPSA) is 70.6 Å². The maximum atomic E-state index is 12.5. The summed E-state index contributed by atoms with van der Waals surface area (Å²) in [6, 6.07) is 24.1. The van der Waals surface area contributed by atoms with E-state index in [1.165, 1.54) is 29.2 Å². The lowest BCUT2D eigenvalue weighted by Crippen LogP contribution is -2.21. The summed E-state index contributed by atoms with van der Waals surface area (Å²) in [6.45, 7) is 3.29. The Morgan fingerprint density at radius 1 is 0.903 bits per heavy atom. The summed E-state index contributed by atoms with van der Waals surface area (Å²) < 4.78 is 0. The Morgan fingerprint density at radius 2 is 1.55 bits per heavy atom. The average molecular weight is 430 g/mol. The van der Waals surface area contributed by atoms with Gasteiger partial charge in [0.15, 0.2) is 0 Å². The van der Waals surface area contributed by atoms with E-state index < -0.39 is 0 Å². The van der Waals surface area contributed by atoms with Crippen LogP contribution in [0, 0.1) is 0 Å². The van der Waals surface area contributed by atoms with Gasteiger partial charge in [-0.05, 0) is 46.9 Å². The van der Waals surface area contributed by atoms with Crippen LogP contribution in [0.15, 0.2) is 77.9 Å². The summed E-state index contributed by atoms with van der Waals surface area (Å²) in [6.07, 6.45) is 0. The van der Waals surface area contributed by atoms with Crippen molar-refractivity contribution in [2.75, 3.05) is 11.1 Å². The predicted octanol–water partition coefficient (Wildman–Crippen LogP) is 4.99. The minimum absolute atomic E-state index is 0.132. The van der Waals surface area contributed by atoms with Crippen molar-refractivity contribution in [1.82, 2.24) is 5.43 Å². The van der Waals surface area contributed by atoms with Gasteiger partial charge in [-0.2, -0.15) is 5.10 Å². The number of thioether (sulfide) groups is 1. The van der Waals surface area contributed by atoms with Crippen molar-refractivity contribution in [2.24, 2.45) is 5.10 Å². The van der Waals surface area contributed by atoms with Gasteiger partial charge in [-0.15, -0.1) is 11.8 Å². The zero-order chi connectivity index (χ0) is 21.8. The molecule has 2 N–H and O–H groups in total. The van der Waals surface area contributed by atoms with Crippen molar-refractivity contribution in [2.45, 2.75) is 19.1 Å². The molecular weight excluding hydrogens is 406 g/mol. The van der Waals surface area contributed by atoms with E-state index in [0.29, 0.717) is 17.2 Å². The minimum Gasteiger partial charge on any atom is -0.326 e. The first-order valence-corrected chi connectivity index (χ1v) is 11.1. The molecule has 0 aromatic heterocycles. The summed E-state index contributed by atoms with van der Waals surface area (Å²) in [5.74, 6) is 0.0205. The highest BCUT2D eigenvalue weighted by molar-refractivity contribution is 8.00. The Hall–Kier alpha value is -3.38. The van der Waals surface area contributed by atoms with Crippen LogP contribution in [0.5, 0.6) is 0 Å². The fourth-order valence-electron chi connectivity index (χ4n) is 3.72. The molecule has 1 aliphatic carbocycles. The number of rotatable bonds is 6. The third-order valence-corrected chi connectivity index (χ3v) is 6.38. The largest absolute Gasteiger partial charge is 0.326 e. The summed E-state index contributed by atoms with van der Waals surface area (Å²) in [7, 11) is 0. The average Bonchev–Trinajstić information content (AvgIpc) is 3.09. The highest BCUT2D eigenvalue weighted by Gasteiger charge is 2.28. The Kier molecular flexibility index (Phi) is 6.18. The first-order valence-electron chi connectivity index (χ1n) is 10.0. The quantitative estimate of drug-likeness (QED) is 0.428. The lowest BCUT2D eigenvalue weighted by Gasteiger charge is -2.12. The smallest absolute Gasteiger partial charge is 0.250 e. The fraction of sp³-hybridized carbons (Fsp3) is 0.160. The van der Waals surface area contributed by atoms with E-state index in [-0.39, 0.29) is 17.1 Å². The number of carbonyl (C=O) groups is 2. The van der Waals surface area contributed by atoms with E-state index in [4.69, 9.17) is 0 Å².